The molecule has 1 N–H and O–H groups in total. The highest BCUT2D eigenvalue weighted by Gasteiger charge is 2.18. The number of hydrogen-bond donors (Lipinski definition) is 1. The fourth-order valence-electron chi connectivity index (χ4n) is 4.06. The smallest absolute Gasteiger partial charge is 0.260 e. The summed E-state index contributed by atoms with van der Waals surface area (Å²) >= 11 is 0. The zero-order valence-electron chi connectivity index (χ0n) is 15.9. The normalized spacial score (nSPS) is 15.8. The maximum atomic E-state index is 12.2. The Kier molecular flexibility index (Phi) is 5.73. The van der Waals surface area contributed by atoms with Crippen LogP contribution in [0.25, 0.3) is 0 Å². The number of ether oxygens (including phenoxy) is 1. The van der Waals surface area contributed by atoms with Crippen molar-refractivity contribution in [3.05, 3.63) is 64.7 Å². The number of amides is 1. The Hall–Kier alpha value is -2.33. The third kappa shape index (κ3) is 4.51. The minimum atomic E-state index is 0.0911. The molecule has 0 radical (unpaired) electrons. The van der Waals surface area contributed by atoms with Crippen molar-refractivity contribution in [2.45, 2.75) is 45.2 Å². The second-order valence-corrected chi connectivity index (χ2v) is 7.54. The quantitative estimate of drug-likeness (QED) is 0.818. The maximum Gasteiger partial charge on any atom is 0.260 e. The fraction of sp³-hybridized carbons (Fsp3) is 0.435. The molecule has 1 aliphatic carbocycles. The van der Waals surface area contributed by atoms with Crippen molar-refractivity contribution >= 4 is 5.91 Å². The van der Waals surface area contributed by atoms with Gasteiger partial charge in [-0.2, -0.15) is 0 Å². The Morgan fingerprint density at radius 3 is 2.67 bits per heavy atom. The highest BCUT2D eigenvalue weighted by atomic mass is 16.5. The van der Waals surface area contributed by atoms with Crippen molar-refractivity contribution in [2.75, 3.05) is 19.7 Å². The van der Waals surface area contributed by atoms with Gasteiger partial charge in [-0.1, -0.05) is 36.4 Å². The van der Waals surface area contributed by atoms with E-state index in [0.29, 0.717) is 0 Å². The summed E-state index contributed by atoms with van der Waals surface area (Å²) in [6.45, 7) is 3.43. The van der Waals surface area contributed by atoms with Gasteiger partial charge in [0, 0.05) is 31.7 Å². The van der Waals surface area contributed by atoms with Gasteiger partial charge in [0.2, 0.25) is 0 Å². The van der Waals surface area contributed by atoms with Gasteiger partial charge >= 0.3 is 0 Å². The van der Waals surface area contributed by atoms with Crippen LogP contribution in [-0.2, 0) is 30.7 Å². The molecule has 142 valence electrons. The second-order valence-electron chi connectivity index (χ2n) is 7.54. The molecule has 1 heterocycles. The Morgan fingerprint density at radius 1 is 0.963 bits per heavy atom. The molecule has 0 unspecified atom stereocenters. The third-order valence-corrected chi connectivity index (χ3v) is 5.59. The van der Waals surface area contributed by atoms with Crippen molar-refractivity contribution in [3.8, 4) is 5.75 Å². The Balaban J connectivity index is 1.30. The van der Waals surface area contributed by atoms with E-state index in [1.807, 2.05) is 23.1 Å². The zero-order valence-corrected chi connectivity index (χ0v) is 15.9. The van der Waals surface area contributed by atoms with Crippen LogP contribution in [-0.4, -0.2) is 30.5 Å². The molecule has 0 atom stereocenters. The van der Waals surface area contributed by atoms with Crippen LogP contribution in [0.15, 0.2) is 42.5 Å². The summed E-state index contributed by atoms with van der Waals surface area (Å²) in [4.78, 5) is 14.1. The molecular formula is C23H28N2O2. The van der Waals surface area contributed by atoms with E-state index < -0.39 is 0 Å². The number of carbonyl (C=O) groups is 1. The van der Waals surface area contributed by atoms with Gasteiger partial charge in [0.1, 0.15) is 5.75 Å². The lowest BCUT2D eigenvalue weighted by molar-refractivity contribution is -0.132. The zero-order chi connectivity index (χ0) is 18.5. The van der Waals surface area contributed by atoms with Gasteiger partial charge in [-0.3, -0.25) is 4.79 Å². The molecule has 0 aromatic heterocycles. The van der Waals surface area contributed by atoms with Crippen LogP contribution in [0.4, 0.5) is 0 Å². The first kappa shape index (κ1) is 18.1. The lowest BCUT2D eigenvalue weighted by Crippen LogP contribution is -2.32. The highest BCUT2D eigenvalue weighted by Crippen LogP contribution is 2.23. The number of likely N-dealkylation sites (tertiary alicyclic amines) is 1. The van der Waals surface area contributed by atoms with Gasteiger partial charge in [-0.15, -0.1) is 0 Å². The maximum absolute atomic E-state index is 12.2. The number of aryl methyl sites for hydroxylation is 2. The van der Waals surface area contributed by atoms with Crippen molar-refractivity contribution < 1.29 is 9.53 Å². The average Bonchev–Trinajstić information content (AvgIpc) is 3.38. The van der Waals surface area contributed by atoms with E-state index in [4.69, 9.17) is 4.74 Å². The first-order chi connectivity index (χ1) is 13.3. The van der Waals surface area contributed by atoms with E-state index in [1.165, 1.54) is 36.0 Å². The molecule has 0 bridgehead atoms. The Bertz CT molecular complexity index is 797. The summed E-state index contributed by atoms with van der Waals surface area (Å²) in [5.74, 6) is 0.889. The molecule has 1 amide bonds. The Morgan fingerprint density at radius 2 is 1.78 bits per heavy atom. The fourth-order valence-corrected chi connectivity index (χ4v) is 4.06. The molecule has 1 saturated heterocycles. The third-order valence-electron chi connectivity index (χ3n) is 5.59. The largest absolute Gasteiger partial charge is 0.483 e. The minimum Gasteiger partial charge on any atom is -0.483 e. The monoisotopic (exact) mass is 364 g/mol. The topological polar surface area (TPSA) is 41.6 Å². The average molecular weight is 364 g/mol. The molecule has 2 aromatic rings. The van der Waals surface area contributed by atoms with Gasteiger partial charge in [-0.25, -0.2) is 0 Å². The molecule has 0 saturated carbocycles. The number of nitrogens with one attached hydrogen (secondary N) is 1. The number of benzene rings is 2. The van der Waals surface area contributed by atoms with Crippen LogP contribution in [0.1, 0.15) is 41.5 Å². The molecule has 0 spiro atoms. The highest BCUT2D eigenvalue weighted by molar-refractivity contribution is 5.78. The number of carbonyl (C=O) groups excluding carboxylic acids is 1. The van der Waals surface area contributed by atoms with Crippen LogP contribution < -0.4 is 10.1 Å². The summed E-state index contributed by atoms with van der Waals surface area (Å²) in [6, 6.07) is 14.8. The summed E-state index contributed by atoms with van der Waals surface area (Å²) in [5.41, 5.74) is 5.45. The number of para-hydroxylation sites is 1. The number of hydrogen-bond acceptors (Lipinski definition) is 3. The predicted octanol–water partition coefficient (Wildman–Crippen LogP) is 3.47. The number of nitrogens with zero attached hydrogens (tertiary/aromatic N) is 1. The summed E-state index contributed by atoms with van der Waals surface area (Å²) < 4.78 is 5.84. The van der Waals surface area contributed by atoms with Crippen molar-refractivity contribution in [1.29, 1.82) is 0 Å². The van der Waals surface area contributed by atoms with Crippen LogP contribution in [0, 0.1) is 0 Å². The summed E-state index contributed by atoms with van der Waals surface area (Å²) in [5, 5.41) is 3.52. The van der Waals surface area contributed by atoms with Crippen molar-refractivity contribution in [1.82, 2.24) is 10.2 Å². The predicted molar refractivity (Wildman–Crippen MR) is 107 cm³/mol. The first-order valence-corrected chi connectivity index (χ1v) is 10.1. The van der Waals surface area contributed by atoms with Gasteiger partial charge in [-0.05, 0) is 54.9 Å². The second kappa shape index (κ2) is 8.57. The number of rotatable bonds is 7. The lowest BCUT2D eigenvalue weighted by atomic mass is 10.1. The van der Waals surface area contributed by atoms with Crippen LogP contribution >= 0.6 is 0 Å². The molecule has 27 heavy (non-hydrogen) atoms. The van der Waals surface area contributed by atoms with Gasteiger partial charge < -0.3 is 15.0 Å². The standard InChI is InChI=1S/C23H28N2O2/c26-23(25-12-3-4-13-25)17-27-22-9-2-1-6-21(22)16-24-15-18-10-11-19-7-5-8-20(19)14-18/h1-2,6,9-11,14,24H,3-5,7-8,12-13,15-17H2. The molecular weight excluding hydrogens is 336 g/mol. The molecule has 4 rings (SSSR count). The van der Waals surface area contributed by atoms with Gasteiger partial charge in [0.15, 0.2) is 6.61 Å². The van der Waals surface area contributed by atoms with E-state index in [9.17, 15) is 4.79 Å². The van der Waals surface area contributed by atoms with E-state index >= 15 is 0 Å². The van der Waals surface area contributed by atoms with E-state index in [-0.39, 0.29) is 12.5 Å². The number of fused-ring (bicyclic) bond motifs is 1. The van der Waals surface area contributed by atoms with Crippen molar-refractivity contribution in [2.24, 2.45) is 0 Å². The molecule has 2 aliphatic rings. The van der Waals surface area contributed by atoms with Crippen molar-refractivity contribution in [3.63, 3.8) is 0 Å². The molecule has 4 heteroatoms. The van der Waals surface area contributed by atoms with Gasteiger partial charge in [0.05, 0.1) is 0 Å². The Labute approximate surface area is 161 Å². The van der Waals surface area contributed by atoms with Gasteiger partial charge in [0.25, 0.3) is 5.91 Å². The summed E-state index contributed by atoms with van der Waals surface area (Å²) in [6.07, 6.45) is 5.94. The lowest BCUT2D eigenvalue weighted by Gasteiger charge is -2.17. The molecule has 2 aromatic carbocycles. The molecule has 1 fully saturated rings. The minimum absolute atomic E-state index is 0.0911. The van der Waals surface area contributed by atoms with E-state index in [0.717, 1.165) is 50.3 Å². The first-order valence-electron chi connectivity index (χ1n) is 10.1. The van der Waals surface area contributed by atoms with E-state index in [1.54, 1.807) is 0 Å². The van der Waals surface area contributed by atoms with Crippen LogP contribution in [0.3, 0.4) is 0 Å². The molecule has 1 aliphatic heterocycles. The summed E-state index contributed by atoms with van der Waals surface area (Å²) in [7, 11) is 0. The van der Waals surface area contributed by atoms with E-state index in [2.05, 4.69) is 29.6 Å². The molecule has 4 nitrogen and oxygen atoms in total. The van der Waals surface area contributed by atoms with Crippen LogP contribution in [0.2, 0.25) is 0 Å². The van der Waals surface area contributed by atoms with Crippen LogP contribution in [0.5, 0.6) is 5.75 Å². The SMILES string of the molecule is O=C(COc1ccccc1CNCc1ccc2c(c1)CCC2)N1CCCC1.